The first-order valence-electron chi connectivity index (χ1n) is 12.2. The van der Waals surface area contributed by atoms with E-state index >= 15 is 0 Å². The third kappa shape index (κ3) is 8.70. The number of benzene rings is 1. The molecule has 11 heteroatoms. The van der Waals surface area contributed by atoms with E-state index in [1.165, 1.54) is 28.8 Å². The van der Waals surface area contributed by atoms with E-state index in [1.54, 1.807) is 12.1 Å². The molecule has 0 aromatic heterocycles. The van der Waals surface area contributed by atoms with Gasteiger partial charge >= 0.3 is 5.97 Å². The highest BCUT2D eigenvalue weighted by Crippen LogP contribution is 2.20. The molecule has 0 aliphatic carbocycles. The van der Waals surface area contributed by atoms with Gasteiger partial charge in [-0.1, -0.05) is 26.0 Å². The van der Waals surface area contributed by atoms with E-state index in [9.17, 15) is 29.4 Å². The molecular weight excluding hydrogens is 484 g/mol. The second kappa shape index (κ2) is 14.1. The van der Waals surface area contributed by atoms with Crippen LogP contribution < -0.4 is 16.4 Å². The molecule has 1 aromatic rings. The van der Waals surface area contributed by atoms with Crippen LogP contribution >= 0.6 is 11.8 Å². The Balaban J connectivity index is 2.09. The maximum Gasteiger partial charge on any atom is 0.326 e. The number of nitrogens with one attached hydrogen (secondary N) is 2. The number of thioether (sulfide) groups is 1. The maximum atomic E-state index is 13.2. The van der Waals surface area contributed by atoms with Crippen molar-refractivity contribution in [3.63, 3.8) is 0 Å². The van der Waals surface area contributed by atoms with Crippen LogP contribution in [0.2, 0.25) is 0 Å². The van der Waals surface area contributed by atoms with Crippen LogP contribution in [0.1, 0.15) is 45.1 Å². The Kier molecular flexibility index (Phi) is 11.5. The van der Waals surface area contributed by atoms with Gasteiger partial charge in [-0.05, 0) is 61.3 Å². The van der Waals surface area contributed by atoms with Crippen molar-refractivity contribution >= 4 is 35.5 Å². The monoisotopic (exact) mass is 522 g/mol. The summed E-state index contributed by atoms with van der Waals surface area (Å²) in [6.07, 6.45) is 3.84. The Labute approximate surface area is 216 Å². The summed E-state index contributed by atoms with van der Waals surface area (Å²) in [5.41, 5.74) is 6.70. The number of aliphatic carboxylic acids is 1. The highest BCUT2D eigenvalue weighted by Gasteiger charge is 2.38. The van der Waals surface area contributed by atoms with E-state index in [0.29, 0.717) is 43.5 Å². The molecule has 200 valence electrons. The molecule has 0 spiro atoms. The number of hydrogen-bond acceptors (Lipinski definition) is 7. The number of carbonyl (C=O) groups is 4. The lowest BCUT2D eigenvalue weighted by molar-refractivity contribution is -0.143. The minimum Gasteiger partial charge on any atom is -0.508 e. The molecule has 4 atom stereocenters. The Morgan fingerprint density at radius 1 is 1.14 bits per heavy atom. The van der Waals surface area contributed by atoms with Crippen LogP contribution in [0, 0.1) is 5.92 Å². The van der Waals surface area contributed by atoms with Crippen molar-refractivity contribution in [3.05, 3.63) is 29.8 Å². The van der Waals surface area contributed by atoms with Crippen molar-refractivity contribution in [2.75, 3.05) is 18.6 Å². The highest BCUT2D eigenvalue weighted by molar-refractivity contribution is 7.98. The van der Waals surface area contributed by atoms with Crippen LogP contribution in [0.3, 0.4) is 0 Å². The molecule has 36 heavy (non-hydrogen) atoms. The average molecular weight is 523 g/mol. The molecule has 0 saturated carbocycles. The van der Waals surface area contributed by atoms with Gasteiger partial charge in [-0.25, -0.2) is 4.79 Å². The molecule has 1 saturated heterocycles. The summed E-state index contributed by atoms with van der Waals surface area (Å²) in [4.78, 5) is 52.4. The second-order valence-corrected chi connectivity index (χ2v) is 10.5. The minimum absolute atomic E-state index is 0.0171. The molecule has 1 aliphatic heterocycles. The van der Waals surface area contributed by atoms with Gasteiger partial charge in [0.1, 0.15) is 23.9 Å². The molecular formula is C25H38N4O6S. The minimum atomic E-state index is -1.21. The lowest BCUT2D eigenvalue weighted by Gasteiger charge is -2.29. The SMILES string of the molecule is CSCCC(NC(=O)C1CCCN1C(=O)C(N)CC(C)C)C(=O)NC(Cc1ccc(O)cc1)C(=O)O. The van der Waals surface area contributed by atoms with E-state index in [1.807, 2.05) is 20.1 Å². The number of carboxylic acid groups (broad SMARTS) is 1. The first-order valence-corrected chi connectivity index (χ1v) is 13.6. The van der Waals surface area contributed by atoms with E-state index in [2.05, 4.69) is 10.6 Å². The zero-order valence-corrected chi connectivity index (χ0v) is 21.9. The quantitative estimate of drug-likeness (QED) is 0.257. The maximum absolute atomic E-state index is 13.2. The fraction of sp³-hybridized carbons (Fsp3) is 0.600. The highest BCUT2D eigenvalue weighted by atomic mass is 32.2. The van der Waals surface area contributed by atoms with Crippen LogP contribution in [0.25, 0.3) is 0 Å². The Hall–Kier alpha value is -2.79. The molecule has 0 radical (unpaired) electrons. The van der Waals surface area contributed by atoms with E-state index in [0.717, 1.165) is 0 Å². The largest absolute Gasteiger partial charge is 0.508 e. The number of hydrogen-bond donors (Lipinski definition) is 5. The summed E-state index contributed by atoms with van der Waals surface area (Å²) in [5.74, 6) is -1.66. The standard InChI is InChI=1S/C25H38N4O6S/c1-15(2)13-18(26)24(33)29-11-4-5-21(29)23(32)27-19(10-12-36-3)22(31)28-20(25(34)35)14-16-6-8-17(30)9-7-16/h6-9,15,18-21,30H,4-5,10-14,26H2,1-3H3,(H,27,32)(H,28,31)(H,34,35). The normalized spacial score (nSPS) is 17.9. The van der Waals surface area contributed by atoms with E-state index in [4.69, 9.17) is 5.73 Å². The molecule has 3 amide bonds. The third-order valence-electron chi connectivity index (χ3n) is 6.12. The Bertz CT molecular complexity index is 910. The summed E-state index contributed by atoms with van der Waals surface area (Å²) in [7, 11) is 0. The Morgan fingerprint density at radius 2 is 1.81 bits per heavy atom. The number of phenols is 1. The molecule has 1 heterocycles. The summed E-state index contributed by atoms with van der Waals surface area (Å²) in [6.45, 7) is 4.38. The third-order valence-corrected chi connectivity index (χ3v) is 6.76. The number of rotatable bonds is 13. The number of phenolic OH excluding ortho intramolecular Hbond substituents is 1. The van der Waals surface area contributed by atoms with Gasteiger partial charge in [-0.2, -0.15) is 11.8 Å². The van der Waals surface area contributed by atoms with Crippen molar-refractivity contribution in [2.24, 2.45) is 11.7 Å². The van der Waals surface area contributed by atoms with Crippen molar-refractivity contribution in [3.8, 4) is 5.75 Å². The van der Waals surface area contributed by atoms with Gasteiger partial charge < -0.3 is 31.5 Å². The molecule has 1 aromatic carbocycles. The van der Waals surface area contributed by atoms with Gasteiger partial charge in [0.15, 0.2) is 0 Å². The lowest BCUT2D eigenvalue weighted by atomic mass is 10.0. The predicted octanol–water partition coefficient (Wildman–Crippen LogP) is 1.11. The van der Waals surface area contributed by atoms with Gasteiger partial charge in [0.25, 0.3) is 0 Å². The number of nitrogens with zero attached hydrogens (tertiary/aromatic N) is 1. The van der Waals surface area contributed by atoms with Crippen molar-refractivity contribution in [1.29, 1.82) is 0 Å². The van der Waals surface area contributed by atoms with Crippen molar-refractivity contribution < 1.29 is 29.4 Å². The fourth-order valence-corrected chi connectivity index (χ4v) is 4.71. The van der Waals surface area contributed by atoms with Gasteiger partial charge in [-0.3, -0.25) is 14.4 Å². The van der Waals surface area contributed by atoms with Crippen molar-refractivity contribution in [2.45, 2.75) is 70.1 Å². The van der Waals surface area contributed by atoms with E-state index < -0.39 is 42.0 Å². The smallest absolute Gasteiger partial charge is 0.326 e. The van der Waals surface area contributed by atoms with Crippen LogP contribution in [-0.4, -0.2) is 81.5 Å². The molecule has 4 unspecified atom stereocenters. The van der Waals surface area contributed by atoms with Crippen LogP contribution in [0.5, 0.6) is 5.75 Å². The number of aromatic hydroxyl groups is 1. The number of carboxylic acids is 1. The first-order chi connectivity index (χ1) is 17.0. The Morgan fingerprint density at radius 3 is 2.39 bits per heavy atom. The van der Waals surface area contributed by atoms with Crippen LogP contribution in [0.4, 0.5) is 0 Å². The van der Waals surface area contributed by atoms with Gasteiger partial charge in [-0.15, -0.1) is 0 Å². The fourth-order valence-electron chi connectivity index (χ4n) is 4.24. The van der Waals surface area contributed by atoms with Gasteiger partial charge in [0.2, 0.25) is 17.7 Å². The average Bonchev–Trinajstić information content (AvgIpc) is 3.31. The van der Waals surface area contributed by atoms with Crippen LogP contribution in [0.15, 0.2) is 24.3 Å². The molecule has 6 N–H and O–H groups in total. The lowest BCUT2D eigenvalue weighted by Crippen LogP contribution is -2.57. The summed E-state index contributed by atoms with van der Waals surface area (Å²) in [6, 6.07) is 2.49. The number of likely N-dealkylation sites (tertiary alicyclic amines) is 1. The number of amides is 3. The van der Waals surface area contributed by atoms with E-state index in [-0.39, 0.29) is 24.0 Å². The van der Waals surface area contributed by atoms with Gasteiger partial charge in [0, 0.05) is 13.0 Å². The topological polar surface area (TPSA) is 162 Å². The zero-order valence-electron chi connectivity index (χ0n) is 21.1. The van der Waals surface area contributed by atoms with Crippen LogP contribution in [-0.2, 0) is 25.6 Å². The predicted molar refractivity (Wildman–Crippen MR) is 138 cm³/mol. The van der Waals surface area contributed by atoms with Crippen molar-refractivity contribution in [1.82, 2.24) is 15.5 Å². The molecule has 1 fully saturated rings. The number of nitrogens with two attached hydrogens (primary N) is 1. The summed E-state index contributed by atoms with van der Waals surface area (Å²) >= 11 is 1.50. The summed E-state index contributed by atoms with van der Waals surface area (Å²) in [5, 5.41) is 24.4. The second-order valence-electron chi connectivity index (χ2n) is 9.54. The molecule has 1 aliphatic rings. The molecule has 10 nitrogen and oxygen atoms in total. The zero-order chi connectivity index (χ0) is 26.8. The number of carbonyl (C=O) groups excluding carboxylic acids is 3. The molecule has 0 bridgehead atoms. The van der Waals surface area contributed by atoms with Gasteiger partial charge in [0.05, 0.1) is 6.04 Å². The first kappa shape index (κ1) is 29.4. The summed E-state index contributed by atoms with van der Waals surface area (Å²) < 4.78 is 0. The molecule has 2 rings (SSSR count).